The van der Waals surface area contributed by atoms with E-state index in [1.807, 2.05) is 0 Å². The fraction of sp³-hybridized carbons (Fsp3) is 0.333. The van der Waals surface area contributed by atoms with Crippen molar-refractivity contribution in [1.82, 2.24) is 5.32 Å². The molecule has 0 aliphatic heterocycles. The van der Waals surface area contributed by atoms with E-state index in [1.54, 1.807) is 6.26 Å². The van der Waals surface area contributed by atoms with Gasteiger partial charge in [0.2, 0.25) is 0 Å². The molecule has 5 heteroatoms. The minimum absolute atomic E-state index is 0.306. The molecule has 0 aromatic carbocycles. The van der Waals surface area contributed by atoms with E-state index in [0.29, 0.717) is 11.6 Å². The number of nitrogens with zero attached hydrogens (tertiary/aromatic N) is 1. The van der Waals surface area contributed by atoms with Crippen LogP contribution < -0.4 is 5.32 Å². The molecule has 4 nitrogen and oxygen atoms in total. The summed E-state index contributed by atoms with van der Waals surface area (Å²) in [5, 5.41) is 13.1. The molecule has 0 fully saturated rings. The van der Waals surface area contributed by atoms with Crippen molar-refractivity contribution >= 4 is 11.8 Å². The number of hydrogen-bond acceptors (Lipinski definition) is 4. The second-order valence-electron chi connectivity index (χ2n) is 1.54. The zero-order valence-electron chi connectivity index (χ0n) is 6.03. The van der Waals surface area contributed by atoms with Crippen LogP contribution in [0.25, 0.3) is 0 Å². The highest BCUT2D eigenvalue weighted by atomic mass is 32.2. The standard InChI is InChI=1S/C6H8N2O2S/c1-3-4-7-6(11-2)5-8(9)10/h1,5,7H,4H2,2H3/b6-5-. The zero-order valence-corrected chi connectivity index (χ0v) is 6.85. The normalized spacial score (nSPS) is 10.4. The molecular weight excluding hydrogens is 164 g/mol. The number of rotatable bonds is 4. The molecule has 0 aliphatic rings. The SMILES string of the molecule is C#CCN/C(=C/[N+](=O)[O-])SC. The Morgan fingerprint density at radius 1 is 2.00 bits per heavy atom. The summed E-state index contributed by atoms with van der Waals surface area (Å²) >= 11 is 1.25. The molecule has 0 aromatic rings. The van der Waals surface area contributed by atoms with Crippen LogP contribution in [0.1, 0.15) is 0 Å². The first-order valence-electron chi connectivity index (χ1n) is 2.77. The highest BCUT2D eigenvalue weighted by Crippen LogP contribution is 2.05. The molecule has 0 bridgehead atoms. The van der Waals surface area contributed by atoms with Gasteiger partial charge in [0.15, 0.2) is 0 Å². The van der Waals surface area contributed by atoms with Gasteiger partial charge in [0.25, 0.3) is 6.20 Å². The fourth-order valence-corrected chi connectivity index (χ4v) is 0.812. The van der Waals surface area contributed by atoms with Crippen molar-refractivity contribution in [3.05, 3.63) is 21.3 Å². The Balaban J connectivity index is 3.96. The number of terminal acetylenes is 1. The molecule has 0 heterocycles. The predicted molar refractivity (Wildman–Crippen MR) is 45.4 cm³/mol. The summed E-state index contributed by atoms with van der Waals surface area (Å²) in [7, 11) is 0. The maximum Gasteiger partial charge on any atom is 0.263 e. The third-order valence-electron chi connectivity index (χ3n) is 0.807. The van der Waals surface area contributed by atoms with Gasteiger partial charge in [-0.05, 0) is 6.26 Å². The minimum atomic E-state index is -0.519. The van der Waals surface area contributed by atoms with Crippen LogP contribution >= 0.6 is 11.8 Å². The molecule has 0 atom stereocenters. The Morgan fingerprint density at radius 3 is 3.00 bits per heavy atom. The fourth-order valence-electron chi connectivity index (χ4n) is 0.404. The highest BCUT2D eigenvalue weighted by molar-refractivity contribution is 8.02. The van der Waals surface area contributed by atoms with Crippen LogP contribution in [0, 0.1) is 22.5 Å². The molecule has 0 unspecified atom stereocenters. The van der Waals surface area contributed by atoms with Crippen molar-refractivity contribution in [3.63, 3.8) is 0 Å². The van der Waals surface area contributed by atoms with Gasteiger partial charge in [0.05, 0.1) is 11.5 Å². The molecule has 0 rings (SSSR count). The van der Waals surface area contributed by atoms with Crippen molar-refractivity contribution in [2.24, 2.45) is 0 Å². The highest BCUT2D eigenvalue weighted by Gasteiger charge is 1.97. The van der Waals surface area contributed by atoms with Gasteiger partial charge in [0, 0.05) is 0 Å². The smallest absolute Gasteiger partial charge is 0.263 e. The van der Waals surface area contributed by atoms with E-state index in [-0.39, 0.29) is 0 Å². The lowest BCUT2D eigenvalue weighted by Gasteiger charge is -1.99. The summed E-state index contributed by atoms with van der Waals surface area (Å²) in [5.74, 6) is 2.32. The molecule has 60 valence electrons. The molecule has 0 amide bonds. The van der Waals surface area contributed by atoms with Crippen LogP contribution in [0.5, 0.6) is 0 Å². The van der Waals surface area contributed by atoms with Crippen molar-refractivity contribution in [2.45, 2.75) is 0 Å². The third-order valence-corrected chi connectivity index (χ3v) is 1.50. The Hall–Kier alpha value is -1.15. The molecule has 1 N–H and O–H groups in total. The molecule has 0 aliphatic carbocycles. The van der Waals surface area contributed by atoms with Crippen LogP contribution in [0.2, 0.25) is 0 Å². The lowest BCUT2D eigenvalue weighted by Crippen LogP contribution is -2.11. The van der Waals surface area contributed by atoms with E-state index in [2.05, 4.69) is 11.2 Å². The van der Waals surface area contributed by atoms with Crippen molar-refractivity contribution in [2.75, 3.05) is 12.8 Å². The van der Waals surface area contributed by atoms with E-state index in [0.717, 1.165) is 6.20 Å². The van der Waals surface area contributed by atoms with Crippen molar-refractivity contribution in [3.8, 4) is 12.3 Å². The quantitative estimate of drug-likeness (QED) is 0.384. The van der Waals surface area contributed by atoms with E-state index in [4.69, 9.17) is 6.42 Å². The van der Waals surface area contributed by atoms with Gasteiger partial charge in [-0.3, -0.25) is 10.1 Å². The van der Waals surface area contributed by atoms with Crippen molar-refractivity contribution in [1.29, 1.82) is 0 Å². The number of nitro groups is 1. The van der Waals surface area contributed by atoms with Gasteiger partial charge in [-0.1, -0.05) is 5.92 Å². The van der Waals surface area contributed by atoms with Crippen LogP contribution in [0.4, 0.5) is 0 Å². The molecular formula is C6H8N2O2S. The van der Waals surface area contributed by atoms with Crippen LogP contribution in [-0.4, -0.2) is 17.7 Å². The van der Waals surface area contributed by atoms with E-state index in [9.17, 15) is 10.1 Å². The summed E-state index contributed by atoms with van der Waals surface area (Å²) in [6.07, 6.45) is 7.57. The number of nitrogens with one attached hydrogen (secondary N) is 1. The summed E-state index contributed by atoms with van der Waals surface area (Å²) in [6, 6.07) is 0. The summed E-state index contributed by atoms with van der Waals surface area (Å²) in [5.41, 5.74) is 0. The molecule has 0 saturated carbocycles. The molecule has 11 heavy (non-hydrogen) atoms. The molecule has 0 radical (unpaired) electrons. The van der Waals surface area contributed by atoms with Crippen LogP contribution in [0.3, 0.4) is 0 Å². The first-order chi connectivity index (χ1) is 5.20. The Kier molecular flexibility index (Phi) is 5.03. The van der Waals surface area contributed by atoms with E-state index in [1.165, 1.54) is 11.8 Å². The zero-order chi connectivity index (χ0) is 8.69. The summed E-state index contributed by atoms with van der Waals surface area (Å²) in [4.78, 5) is 9.44. The van der Waals surface area contributed by atoms with Gasteiger partial charge >= 0.3 is 0 Å². The lowest BCUT2D eigenvalue weighted by atomic mass is 10.7. The first-order valence-corrected chi connectivity index (χ1v) is 3.99. The second-order valence-corrected chi connectivity index (χ2v) is 2.39. The molecule has 0 aromatic heterocycles. The van der Waals surface area contributed by atoms with E-state index >= 15 is 0 Å². The van der Waals surface area contributed by atoms with Gasteiger partial charge in [-0.25, -0.2) is 0 Å². The van der Waals surface area contributed by atoms with Gasteiger partial charge in [-0.2, -0.15) is 0 Å². The average Bonchev–Trinajstić information content (AvgIpc) is 1.97. The van der Waals surface area contributed by atoms with E-state index < -0.39 is 4.92 Å². The van der Waals surface area contributed by atoms with Crippen LogP contribution in [0.15, 0.2) is 11.2 Å². The molecule has 0 spiro atoms. The topological polar surface area (TPSA) is 55.2 Å². The number of thioether (sulfide) groups is 1. The van der Waals surface area contributed by atoms with Gasteiger partial charge in [-0.15, -0.1) is 18.2 Å². The maximum atomic E-state index is 9.96. The minimum Gasteiger partial charge on any atom is -0.364 e. The Morgan fingerprint density at radius 2 is 2.64 bits per heavy atom. The average molecular weight is 172 g/mol. The largest absolute Gasteiger partial charge is 0.364 e. The van der Waals surface area contributed by atoms with Crippen molar-refractivity contribution < 1.29 is 4.92 Å². The summed E-state index contributed by atoms with van der Waals surface area (Å²) in [6.45, 7) is 0.306. The first kappa shape index (κ1) is 9.85. The molecule has 0 saturated heterocycles. The Labute approximate surface area is 69.2 Å². The number of hydrogen-bond donors (Lipinski definition) is 1. The van der Waals surface area contributed by atoms with Crippen LogP contribution in [-0.2, 0) is 0 Å². The monoisotopic (exact) mass is 172 g/mol. The second kappa shape index (κ2) is 5.62. The Bertz CT molecular complexity index is 207. The lowest BCUT2D eigenvalue weighted by molar-refractivity contribution is -0.403. The predicted octanol–water partition coefficient (Wildman–Crippen LogP) is 0.648. The third kappa shape index (κ3) is 5.30. The van der Waals surface area contributed by atoms with Gasteiger partial charge in [0.1, 0.15) is 5.03 Å². The van der Waals surface area contributed by atoms with Gasteiger partial charge < -0.3 is 5.32 Å². The maximum absolute atomic E-state index is 9.96. The summed E-state index contributed by atoms with van der Waals surface area (Å²) < 4.78 is 0.